The van der Waals surface area contributed by atoms with E-state index in [1.54, 1.807) is 36.4 Å². The summed E-state index contributed by atoms with van der Waals surface area (Å²) < 4.78 is 15.8. The Kier molecular flexibility index (Phi) is 5.03. The predicted molar refractivity (Wildman–Crippen MR) is 99.2 cm³/mol. The van der Waals surface area contributed by atoms with Gasteiger partial charge in [0.2, 0.25) is 0 Å². The van der Waals surface area contributed by atoms with Gasteiger partial charge >= 0.3 is 5.91 Å². The number of rotatable bonds is 6. The van der Waals surface area contributed by atoms with E-state index in [4.69, 9.17) is 14.2 Å². The van der Waals surface area contributed by atoms with Crippen molar-refractivity contribution in [2.24, 2.45) is 0 Å². The van der Waals surface area contributed by atoms with E-state index >= 15 is 0 Å². The maximum absolute atomic E-state index is 12.9. The molecule has 2 amide bonds. The van der Waals surface area contributed by atoms with Gasteiger partial charge in [0, 0.05) is 6.07 Å². The van der Waals surface area contributed by atoms with Crippen molar-refractivity contribution in [1.82, 2.24) is 0 Å². The zero-order valence-corrected chi connectivity index (χ0v) is 15.2. The van der Waals surface area contributed by atoms with Crippen LogP contribution in [0.15, 0.2) is 48.2 Å². The molecule has 0 bridgehead atoms. The Morgan fingerprint density at radius 3 is 2.19 bits per heavy atom. The highest BCUT2D eigenvalue weighted by molar-refractivity contribution is 6.45. The Labute approximate surface area is 156 Å². The molecular formula is C20H19NO6. The lowest BCUT2D eigenvalue weighted by Crippen LogP contribution is -2.31. The van der Waals surface area contributed by atoms with Gasteiger partial charge in [-0.05, 0) is 36.8 Å². The minimum atomic E-state index is -0.813. The number of imide groups is 1. The van der Waals surface area contributed by atoms with Crippen LogP contribution >= 0.6 is 0 Å². The Morgan fingerprint density at radius 2 is 1.59 bits per heavy atom. The van der Waals surface area contributed by atoms with Gasteiger partial charge in [0.15, 0.2) is 5.76 Å². The van der Waals surface area contributed by atoms with E-state index in [-0.39, 0.29) is 17.0 Å². The molecular weight excluding hydrogens is 350 g/mol. The van der Waals surface area contributed by atoms with Crippen LogP contribution in [0.1, 0.15) is 12.5 Å². The zero-order valence-electron chi connectivity index (χ0n) is 15.2. The molecule has 140 valence electrons. The second-order valence-corrected chi connectivity index (χ2v) is 5.66. The van der Waals surface area contributed by atoms with Crippen LogP contribution in [0.3, 0.4) is 0 Å². The molecule has 1 aliphatic heterocycles. The predicted octanol–water partition coefficient (Wildman–Crippen LogP) is 2.95. The molecule has 2 aromatic carbocycles. The molecule has 7 nitrogen and oxygen atoms in total. The molecule has 0 fully saturated rings. The van der Waals surface area contributed by atoms with Crippen molar-refractivity contribution in [2.75, 3.05) is 25.7 Å². The largest absolute Gasteiger partial charge is 0.502 e. The number of anilines is 1. The normalized spacial score (nSPS) is 14.0. The molecule has 2 aromatic rings. The SMILES string of the molecule is CCOc1ccc(C2=C(O)C(=O)N(c3ccc(OC)cc3OC)C2=O)cc1. The van der Waals surface area contributed by atoms with Gasteiger partial charge in [-0.1, -0.05) is 12.1 Å². The van der Waals surface area contributed by atoms with Crippen molar-refractivity contribution in [3.05, 3.63) is 53.8 Å². The molecule has 3 rings (SSSR count). The molecule has 0 spiro atoms. The van der Waals surface area contributed by atoms with Gasteiger partial charge in [-0.2, -0.15) is 0 Å². The summed E-state index contributed by atoms with van der Waals surface area (Å²) in [5.41, 5.74) is 0.575. The van der Waals surface area contributed by atoms with Crippen LogP contribution < -0.4 is 19.1 Å². The highest BCUT2D eigenvalue weighted by Gasteiger charge is 2.41. The lowest BCUT2D eigenvalue weighted by atomic mass is 10.1. The average Bonchev–Trinajstić information content (AvgIpc) is 2.91. The summed E-state index contributed by atoms with van der Waals surface area (Å²) in [5.74, 6) is -0.637. The van der Waals surface area contributed by atoms with E-state index in [2.05, 4.69) is 0 Å². The first-order valence-electron chi connectivity index (χ1n) is 8.29. The Balaban J connectivity index is 1.99. The summed E-state index contributed by atoms with van der Waals surface area (Å²) >= 11 is 0. The van der Waals surface area contributed by atoms with E-state index in [1.807, 2.05) is 6.92 Å². The van der Waals surface area contributed by atoms with Gasteiger partial charge in [0.1, 0.15) is 17.2 Å². The Hall–Kier alpha value is -3.48. The number of hydrogen-bond donors (Lipinski definition) is 1. The van der Waals surface area contributed by atoms with Crippen LogP contribution in [-0.4, -0.2) is 37.7 Å². The number of ether oxygens (including phenoxy) is 3. The van der Waals surface area contributed by atoms with Crippen molar-refractivity contribution in [2.45, 2.75) is 6.92 Å². The first kappa shape index (κ1) is 18.3. The van der Waals surface area contributed by atoms with Crippen LogP contribution in [-0.2, 0) is 9.59 Å². The lowest BCUT2D eigenvalue weighted by Gasteiger charge is -2.18. The minimum absolute atomic E-state index is 0.0686. The zero-order chi connectivity index (χ0) is 19.6. The molecule has 1 N–H and O–H groups in total. The maximum Gasteiger partial charge on any atom is 0.301 e. The molecule has 1 aliphatic rings. The average molecular weight is 369 g/mol. The van der Waals surface area contributed by atoms with E-state index in [1.165, 1.54) is 20.3 Å². The number of carbonyl (C=O) groups is 2. The molecule has 27 heavy (non-hydrogen) atoms. The van der Waals surface area contributed by atoms with Crippen LogP contribution in [0.5, 0.6) is 17.2 Å². The Bertz CT molecular complexity index is 917. The van der Waals surface area contributed by atoms with Gasteiger partial charge in [0.25, 0.3) is 5.91 Å². The first-order chi connectivity index (χ1) is 13.0. The molecule has 0 saturated carbocycles. The third-order valence-electron chi connectivity index (χ3n) is 4.14. The fourth-order valence-electron chi connectivity index (χ4n) is 2.85. The van der Waals surface area contributed by atoms with Crippen LogP contribution in [0.2, 0.25) is 0 Å². The molecule has 0 atom stereocenters. The van der Waals surface area contributed by atoms with E-state index in [9.17, 15) is 14.7 Å². The second kappa shape index (κ2) is 7.41. The molecule has 0 aliphatic carbocycles. The smallest absolute Gasteiger partial charge is 0.301 e. The number of aliphatic hydroxyl groups is 1. The van der Waals surface area contributed by atoms with Crippen LogP contribution in [0, 0.1) is 0 Å². The molecule has 0 unspecified atom stereocenters. The highest BCUT2D eigenvalue weighted by Crippen LogP contribution is 2.38. The Morgan fingerprint density at radius 1 is 0.926 bits per heavy atom. The summed E-state index contributed by atoms with van der Waals surface area (Å²) in [5, 5.41) is 10.3. The summed E-state index contributed by atoms with van der Waals surface area (Å²) in [6.45, 7) is 2.37. The maximum atomic E-state index is 12.9. The van der Waals surface area contributed by atoms with Gasteiger partial charge in [-0.15, -0.1) is 0 Å². The van der Waals surface area contributed by atoms with Crippen LogP contribution in [0.4, 0.5) is 5.69 Å². The third-order valence-corrected chi connectivity index (χ3v) is 4.14. The van der Waals surface area contributed by atoms with Crippen molar-refractivity contribution in [3.63, 3.8) is 0 Å². The van der Waals surface area contributed by atoms with Gasteiger partial charge < -0.3 is 19.3 Å². The van der Waals surface area contributed by atoms with E-state index in [0.29, 0.717) is 23.7 Å². The molecule has 7 heteroatoms. The number of nitrogens with zero attached hydrogens (tertiary/aromatic N) is 1. The molecule has 1 heterocycles. The fraction of sp³-hybridized carbons (Fsp3) is 0.200. The lowest BCUT2D eigenvalue weighted by molar-refractivity contribution is -0.121. The first-order valence-corrected chi connectivity index (χ1v) is 8.29. The topological polar surface area (TPSA) is 85.3 Å². The number of carbonyl (C=O) groups excluding carboxylic acids is 2. The standard InChI is InChI=1S/C20H19NO6/c1-4-27-13-7-5-12(6-8-13)17-18(22)20(24)21(19(17)23)15-10-9-14(25-2)11-16(15)26-3/h5-11,22H,4H2,1-3H3. The van der Waals surface area contributed by atoms with E-state index < -0.39 is 17.6 Å². The quantitative estimate of drug-likeness (QED) is 0.788. The van der Waals surface area contributed by atoms with Crippen LogP contribution in [0.25, 0.3) is 5.57 Å². The second-order valence-electron chi connectivity index (χ2n) is 5.66. The number of aliphatic hydroxyl groups excluding tert-OH is 1. The number of methoxy groups -OCH3 is 2. The summed E-state index contributed by atoms with van der Waals surface area (Å²) in [4.78, 5) is 26.4. The molecule has 0 saturated heterocycles. The fourth-order valence-corrected chi connectivity index (χ4v) is 2.85. The number of amides is 2. The summed E-state index contributed by atoms with van der Waals surface area (Å²) in [6.07, 6.45) is 0. The van der Waals surface area contributed by atoms with Crippen molar-refractivity contribution in [3.8, 4) is 17.2 Å². The minimum Gasteiger partial charge on any atom is -0.502 e. The van der Waals surface area contributed by atoms with Crippen molar-refractivity contribution < 1.29 is 28.9 Å². The molecule has 0 aromatic heterocycles. The van der Waals surface area contributed by atoms with Gasteiger partial charge in [0.05, 0.1) is 32.1 Å². The van der Waals surface area contributed by atoms with Crippen molar-refractivity contribution in [1.29, 1.82) is 0 Å². The highest BCUT2D eigenvalue weighted by atomic mass is 16.5. The van der Waals surface area contributed by atoms with Crippen molar-refractivity contribution >= 4 is 23.1 Å². The number of benzene rings is 2. The van der Waals surface area contributed by atoms with Gasteiger partial charge in [-0.3, -0.25) is 9.59 Å². The number of hydrogen-bond acceptors (Lipinski definition) is 6. The third kappa shape index (κ3) is 3.19. The summed E-state index contributed by atoms with van der Waals surface area (Å²) in [6, 6.07) is 11.3. The monoisotopic (exact) mass is 369 g/mol. The van der Waals surface area contributed by atoms with Gasteiger partial charge in [-0.25, -0.2) is 4.90 Å². The molecule has 0 radical (unpaired) electrons. The van der Waals surface area contributed by atoms with E-state index in [0.717, 1.165) is 4.90 Å². The summed E-state index contributed by atoms with van der Waals surface area (Å²) in [7, 11) is 2.92.